The van der Waals surface area contributed by atoms with E-state index in [0.717, 1.165) is 4.31 Å². The zero-order valence-corrected chi connectivity index (χ0v) is 20.1. The van der Waals surface area contributed by atoms with Crippen molar-refractivity contribution in [2.24, 2.45) is 0 Å². The van der Waals surface area contributed by atoms with Gasteiger partial charge >= 0.3 is 0 Å². The highest BCUT2D eigenvalue weighted by Gasteiger charge is 2.28. The zero-order valence-electron chi connectivity index (χ0n) is 18.5. The monoisotopic (exact) mass is 488 g/mol. The predicted octanol–water partition coefficient (Wildman–Crippen LogP) is 4.97. The third kappa shape index (κ3) is 5.97. The molecule has 0 saturated carbocycles. The van der Waals surface area contributed by atoms with Gasteiger partial charge in [0.1, 0.15) is 18.0 Å². The van der Waals surface area contributed by atoms with Gasteiger partial charge in [0.25, 0.3) is 10.0 Å². The van der Waals surface area contributed by atoms with Crippen LogP contribution in [0.5, 0.6) is 11.5 Å². The van der Waals surface area contributed by atoms with Crippen molar-refractivity contribution in [3.8, 4) is 11.5 Å². The summed E-state index contributed by atoms with van der Waals surface area (Å²) in [6.07, 6.45) is -0.0977. The van der Waals surface area contributed by atoms with Crippen molar-refractivity contribution in [3.05, 3.63) is 77.8 Å². The van der Waals surface area contributed by atoms with E-state index >= 15 is 0 Å². The van der Waals surface area contributed by atoms with Gasteiger partial charge in [-0.1, -0.05) is 41.9 Å². The van der Waals surface area contributed by atoms with Crippen LogP contribution >= 0.6 is 11.6 Å². The number of methoxy groups -OCH3 is 1. The summed E-state index contributed by atoms with van der Waals surface area (Å²) in [6.45, 7) is 3.27. The maximum Gasteiger partial charge on any atom is 0.264 e. The van der Waals surface area contributed by atoms with Crippen molar-refractivity contribution in [2.45, 2.75) is 24.8 Å². The lowest BCUT2D eigenvalue weighted by molar-refractivity contribution is -0.114. The summed E-state index contributed by atoms with van der Waals surface area (Å²) in [7, 11) is -2.60. The van der Waals surface area contributed by atoms with Crippen molar-refractivity contribution in [1.29, 1.82) is 0 Å². The topological polar surface area (TPSA) is 84.9 Å². The Bertz CT molecular complexity index is 1220. The van der Waals surface area contributed by atoms with Crippen LogP contribution in [0.4, 0.5) is 11.4 Å². The van der Waals surface area contributed by atoms with Gasteiger partial charge < -0.3 is 14.8 Å². The highest BCUT2D eigenvalue weighted by Crippen LogP contribution is 2.32. The summed E-state index contributed by atoms with van der Waals surface area (Å²) in [4.78, 5) is 13.0. The Hall–Kier alpha value is -3.23. The average Bonchev–Trinajstić information content (AvgIpc) is 2.79. The molecule has 3 aromatic carbocycles. The number of sulfonamides is 1. The van der Waals surface area contributed by atoms with E-state index in [9.17, 15) is 13.2 Å². The number of rotatable bonds is 9. The van der Waals surface area contributed by atoms with Gasteiger partial charge in [-0.05, 0) is 56.3 Å². The molecule has 3 rings (SSSR count). The number of amides is 1. The lowest BCUT2D eigenvalue weighted by atomic mass is 10.2. The van der Waals surface area contributed by atoms with Crippen molar-refractivity contribution < 1.29 is 22.7 Å². The second-order valence-electron chi connectivity index (χ2n) is 7.35. The van der Waals surface area contributed by atoms with E-state index in [-0.39, 0.29) is 21.7 Å². The Kier molecular flexibility index (Phi) is 7.84. The number of hydrogen-bond donors (Lipinski definition) is 1. The van der Waals surface area contributed by atoms with Gasteiger partial charge in [0, 0.05) is 0 Å². The van der Waals surface area contributed by atoms with Gasteiger partial charge in [-0.25, -0.2) is 8.42 Å². The molecule has 0 fully saturated rings. The van der Waals surface area contributed by atoms with E-state index < -0.39 is 22.5 Å². The minimum absolute atomic E-state index is 0.0493. The van der Waals surface area contributed by atoms with Crippen LogP contribution in [0, 0.1) is 0 Å². The van der Waals surface area contributed by atoms with Crippen molar-refractivity contribution in [3.63, 3.8) is 0 Å². The second kappa shape index (κ2) is 10.6. The number of anilines is 2. The molecule has 174 valence electrons. The Labute approximate surface area is 198 Å². The Morgan fingerprint density at radius 1 is 1.00 bits per heavy atom. The number of halogens is 1. The molecule has 0 aromatic heterocycles. The van der Waals surface area contributed by atoms with Crippen LogP contribution < -0.4 is 19.1 Å². The minimum atomic E-state index is -4.07. The number of hydrogen-bond acceptors (Lipinski definition) is 5. The van der Waals surface area contributed by atoms with Gasteiger partial charge in [-0.3, -0.25) is 9.10 Å². The Balaban J connectivity index is 1.96. The molecule has 1 amide bonds. The van der Waals surface area contributed by atoms with Crippen LogP contribution in [-0.4, -0.2) is 34.1 Å². The fourth-order valence-corrected chi connectivity index (χ4v) is 4.78. The highest BCUT2D eigenvalue weighted by atomic mass is 35.5. The molecule has 0 aliphatic carbocycles. The van der Waals surface area contributed by atoms with Crippen molar-refractivity contribution >= 4 is 38.9 Å². The van der Waals surface area contributed by atoms with E-state index in [1.165, 1.54) is 31.4 Å². The lowest BCUT2D eigenvalue weighted by Gasteiger charge is -2.25. The molecule has 0 aliphatic rings. The standard InChI is InChI=1S/C24H25ClN2O5S/c1-17(2)32-23-12-8-7-11-21(23)26-24(28)16-27(18-13-14-22(31-3)20(25)15-18)33(29,30)19-9-5-4-6-10-19/h4-15,17H,16H2,1-3H3,(H,26,28). The molecule has 0 saturated heterocycles. The molecule has 33 heavy (non-hydrogen) atoms. The first-order chi connectivity index (χ1) is 15.7. The summed E-state index contributed by atoms with van der Waals surface area (Å²) in [5.74, 6) is 0.341. The second-order valence-corrected chi connectivity index (χ2v) is 9.62. The predicted molar refractivity (Wildman–Crippen MR) is 130 cm³/mol. The summed E-state index contributed by atoms with van der Waals surface area (Å²) < 4.78 is 38.8. The molecule has 0 radical (unpaired) electrons. The first-order valence-corrected chi connectivity index (χ1v) is 12.0. The largest absolute Gasteiger partial charge is 0.495 e. The summed E-state index contributed by atoms with van der Waals surface area (Å²) in [5, 5.41) is 2.97. The van der Waals surface area contributed by atoms with E-state index in [2.05, 4.69) is 5.32 Å². The van der Waals surface area contributed by atoms with Crippen LogP contribution in [0.3, 0.4) is 0 Å². The molecule has 7 nitrogen and oxygen atoms in total. The molecule has 9 heteroatoms. The molecule has 0 aliphatic heterocycles. The van der Waals surface area contributed by atoms with Crippen molar-refractivity contribution in [2.75, 3.05) is 23.3 Å². The number of carbonyl (C=O) groups is 1. The first-order valence-electron chi connectivity index (χ1n) is 10.2. The molecule has 1 N–H and O–H groups in total. The first kappa shape index (κ1) is 24.4. The highest BCUT2D eigenvalue weighted by molar-refractivity contribution is 7.92. The van der Waals surface area contributed by atoms with E-state index in [4.69, 9.17) is 21.1 Å². The average molecular weight is 489 g/mol. The minimum Gasteiger partial charge on any atom is -0.495 e. The molecular formula is C24H25ClN2O5S. The molecule has 0 bridgehead atoms. The molecule has 3 aromatic rings. The van der Waals surface area contributed by atoms with Crippen LogP contribution in [0.25, 0.3) is 0 Å². The summed E-state index contributed by atoms with van der Waals surface area (Å²) in [6, 6.07) is 19.4. The maximum atomic E-state index is 13.4. The van der Waals surface area contributed by atoms with Gasteiger partial charge in [0.15, 0.2) is 0 Å². The number of ether oxygens (including phenoxy) is 2. The Morgan fingerprint density at radius 2 is 1.67 bits per heavy atom. The van der Waals surface area contributed by atoms with Crippen molar-refractivity contribution in [1.82, 2.24) is 0 Å². The number of para-hydroxylation sites is 2. The molecule has 0 unspecified atom stereocenters. The maximum absolute atomic E-state index is 13.4. The van der Waals surface area contributed by atoms with Gasteiger partial charge in [-0.2, -0.15) is 0 Å². The van der Waals surface area contributed by atoms with Gasteiger partial charge in [-0.15, -0.1) is 0 Å². The molecule has 0 atom stereocenters. The number of nitrogens with zero attached hydrogens (tertiary/aromatic N) is 1. The van der Waals surface area contributed by atoms with E-state index in [1.54, 1.807) is 48.5 Å². The normalized spacial score (nSPS) is 11.2. The molecule has 0 spiro atoms. The van der Waals surface area contributed by atoms with Crippen LogP contribution in [0.1, 0.15) is 13.8 Å². The zero-order chi connectivity index (χ0) is 24.0. The summed E-state index contributed by atoms with van der Waals surface area (Å²) >= 11 is 6.24. The van der Waals surface area contributed by atoms with Gasteiger partial charge in [0.05, 0.1) is 34.5 Å². The molecule has 0 heterocycles. The van der Waals surface area contributed by atoms with E-state index in [1.807, 2.05) is 13.8 Å². The van der Waals surface area contributed by atoms with Crippen LogP contribution in [0.15, 0.2) is 77.7 Å². The molecular weight excluding hydrogens is 464 g/mol. The van der Waals surface area contributed by atoms with E-state index in [0.29, 0.717) is 17.2 Å². The van der Waals surface area contributed by atoms with Crippen LogP contribution in [0.2, 0.25) is 5.02 Å². The lowest BCUT2D eigenvalue weighted by Crippen LogP contribution is -2.38. The van der Waals surface area contributed by atoms with Gasteiger partial charge in [0.2, 0.25) is 5.91 Å². The number of benzene rings is 3. The Morgan fingerprint density at radius 3 is 2.30 bits per heavy atom. The van der Waals surface area contributed by atoms with Crippen LogP contribution in [-0.2, 0) is 14.8 Å². The fourth-order valence-electron chi connectivity index (χ4n) is 3.09. The SMILES string of the molecule is COc1ccc(N(CC(=O)Nc2ccccc2OC(C)C)S(=O)(=O)c2ccccc2)cc1Cl. The number of carbonyl (C=O) groups excluding carboxylic acids is 1. The fraction of sp³-hybridized carbons (Fsp3) is 0.208. The third-order valence-corrected chi connectivity index (χ3v) is 6.65. The quantitative estimate of drug-likeness (QED) is 0.459. The summed E-state index contributed by atoms with van der Waals surface area (Å²) in [5.41, 5.74) is 0.674. The third-order valence-electron chi connectivity index (χ3n) is 4.57. The number of nitrogens with one attached hydrogen (secondary N) is 1. The smallest absolute Gasteiger partial charge is 0.264 e.